The molecule has 2 aromatic heterocycles. The first-order valence-corrected chi connectivity index (χ1v) is 8.30. The Hall–Kier alpha value is -1.99. The zero-order valence-electron chi connectivity index (χ0n) is 10.4. The van der Waals surface area contributed by atoms with Crippen molar-refractivity contribution in [2.75, 3.05) is 5.73 Å². The third-order valence-corrected chi connectivity index (χ3v) is 5.71. The van der Waals surface area contributed by atoms with Gasteiger partial charge in [0.25, 0.3) is 0 Å². The Labute approximate surface area is 120 Å². The van der Waals surface area contributed by atoms with E-state index < -0.39 is 9.84 Å². The molecule has 0 aliphatic carbocycles. The molecule has 5 nitrogen and oxygen atoms in total. The molecule has 3 rings (SSSR count). The van der Waals surface area contributed by atoms with Crippen LogP contribution in [0.4, 0.5) is 5.69 Å². The summed E-state index contributed by atoms with van der Waals surface area (Å²) in [5.41, 5.74) is 6.65. The van der Waals surface area contributed by atoms with Crippen molar-refractivity contribution in [3.8, 4) is 0 Å². The number of hydrogen-bond acceptors (Lipinski definition) is 6. The zero-order valence-corrected chi connectivity index (χ0v) is 12.0. The molecule has 0 aliphatic rings. The van der Waals surface area contributed by atoms with Crippen molar-refractivity contribution in [3.63, 3.8) is 0 Å². The molecule has 0 saturated carbocycles. The number of thiazole rings is 1. The molecule has 0 aliphatic heterocycles. The molecule has 0 saturated heterocycles. The smallest absolute Gasteiger partial charge is 0.187 e. The first kappa shape index (κ1) is 13.0. The highest BCUT2D eigenvalue weighted by molar-refractivity contribution is 7.91. The molecule has 1 aromatic carbocycles. The molecular weight excluding hydrogens is 294 g/mol. The predicted octanol–water partition coefficient (Wildman–Crippen LogP) is 2.25. The highest BCUT2D eigenvalue weighted by atomic mass is 32.2. The third-order valence-electron chi connectivity index (χ3n) is 2.80. The van der Waals surface area contributed by atoms with Crippen LogP contribution in [-0.4, -0.2) is 18.4 Å². The molecule has 0 radical (unpaired) electrons. The summed E-state index contributed by atoms with van der Waals surface area (Å²) in [4.78, 5) is 8.24. The standard InChI is InChI=1S/C13H11N3O2S2/c14-9-7-15-6-5-12(9)20(17,18)8-13-16-10-3-1-2-4-11(10)19-13/h1-7H,8,14H2. The number of nitrogens with zero attached hydrogens (tertiary/aromatic N) is 2. The van der Waals surface area contributed by atoms with Gasteiger partial charge in [0, 0.05) is 6.20 Å². The summed E-state index contributed by atoms with van der Waals surface area (Å²) in [7, 11) is -3.51. The SMILES string of the molecule is Nc1cnccc1S(=O)(=O)Cc1nc2ccccc2s1. The Morgan fingerprint density at radius 2 is 2.00 bits per heavy atom. The molecular formula is C13H11N3O2S2. The summed E-state index contributed by atoms with van der Waals surface area (Å²) < 4.78 is 25.7. The van der Waals surface area contributed by atoms with Crippen LogP contribution in [0.1, 0.15) is 5.01 Å². The van der Waals surface area contributed by atoms with Crippen molar-refractivity contribution < 1.29 is 8.42 Å². The van der Waals surface area contributed by atoms with E-state index in [4.69, 9.17) is 5.73 Å². The number of nitrogens with two attached hydrogens (primary N) is 1. The van der Waals surface area contributed by atoms with Gasteiger partial charge in [0.05, 0.1) is 27.0 Å². The lowest BCUT2D eigenvalue weighted by molar-refractivity contribution is 0.595. The molecule has 2 N–H and O–H groups in total. The van der Waals surface area contributed by atoms with Crippen LogP contribution in [0.5, 0.6) is 0 Å². The molecule has 7 heteroatoms. The van der Waals surface area contributed by atoms with Gasteiger partial charge in [-0.2, -0.15) is 0 Å². The van der Waals surface area contributed by atoms with Crippen LogP contribution in [0.15, 0.2) is 47.6 Å². The highest BCUT2D eigenvalue weighted by Crippen LogP contribution is 2.26. The lowest BCUT2D eigenvalue weighted by Gasteiger charge is -2.04. The van der Waals surface area contributed by atoms with E-state index in [-0.39, 0.29) is 16.3 Å². The van der Waals surface area contributed by atoms with Gasteiger partial charge in [-0.25, -0.2) is 13.4 Å². The molecule has 0 atom stereocenters. The molecule has 2 heterocycles. The number of aromatic nitrogens is 2. The fraction of sp³-hybridized carbons (Fsp3) is 0.0769. The van der Waals surface area contributed by atoms with Crippen LogP contribution >= 0.6 is 11.3 Å². The van der Waals surface area contributed by atoms with Crippen LogP contribution < -0.4 is 5.73 Å². The van der Waals surface area contributed by atoms with E-state index in [2.05, 4.69) is 9.97 Å². The number of fused-ring (bicyclic) bond motifs is 1. The quantitative estimate of drug-likeness (QED) is 0.802. The van der Waals surface area contributed by atoms with Crippen molar-refractivity contribution in [2.45, 2.75) is 10.6 Å². The average molecular weight is 305 g/mol. The van der Waals surface area contributed by atoms with Crippen molar-refractivity contribution in [1.82, 2.24) is 9.97 Å². The number of anilines is 1. The number of rotatable bonds is 3. The van der Waals surface area contributed by atoms with Gasteiger partial charge in [-0.05, 0) is 18.2 Å². The average Bonchev–Trinajstić information content (AvgIpc) is 2.80. The Kier molecular flexibility index (Phi) is 3.15. The van der Waals surface area contributed by atoms with Crippen molar-refractivity contribution in [3.05, 3.63) is 47.7 Å². The van der Waals surface area contributed by atoms with Crippen LogP contribution in [0.3, 0.4) is 0 Å². The molecule has 0 spiro atoms. The summed E-state index contributed by atoms with van der Waals surface area (Å²) in [6.07, 6.45) is 2.76. The summed E-state index contributed by atoms with van der Waals surface area (Å²) in [5, 5.41) is 0.558. The number of hydrogen-bond donors (Lipinski definition) is 1. The summed E-state index contributed by atoms with van der Waals surface area (Å²) in [6.45, 7) is 0. The molecule has 0 amide bonds. The number of benzene rings is 1. The van der Waals surface area contributed by atoms with Gasteiger partial charge >= 0.3 is 0 Å². The van der Waals surface area contributed by atoms with Gasteiger partial charge in [0.2, 0.25) is 0 Å². The van der Waals surface area contributed by atoms with Crippen LogP contribution in [0.25, 0.3) is 10.2 Å². The molecule has 20 heavy (non-hydrogen) atoms. The monoisotopic (exact) mass is 305 g/mol. The lowest BCUT2D eigenvalue weighted by atomic mass is 10.3. The minimum absolute atomic E-state index is 0.103. The van der Waals surface area contributed by atoms with Crippen LogP contribution in [0, 0.1) is 0 Å². The fourth-order valence-corrected chi connectivity index (χ4v) is 4.59. The maximum absolute atomic E-state index is 12.4. The molecule has 0 bridgehead atoms. The zero-order chi connectivity index (χ0) is 14.2. The second kappa shape index (κ2) is 4.84. The molecule has 3 aromatic rings. The van der Waals surface area contributed by atoms with E-state index in [1.165, 1.54) is 29.8 Å². The summed E-state index contributed by atoms with van der Waals surface area (Å²) in [6, 6.07) is 8.98. The first-order chi connectivity index (χ1) is 9.56. The van der Waals surface area contributed by atoms with E-state index in [1.54, 1.807) is 0 Å². The Bertz CT molecular complexity index is 839. The van der Waals surface area contributed by atoms with Crippen molar-refractivity contribution >= 4 is 37.1 Å². The Morgan fingerprint density at radius 1 is 1.20 bits per heavy atom. The van der Waals surface area contributed by atoms with Crippen LogP contribution in [-0.2, 0) is 15.6 Å². The lowest BCUT2D eigenvalue weighted by Crippen LogP contribution is -2.08. The predicted molar refractivity (Wildman–Crippen MR) is 79.2 cm³/mol. The molecule has 102 valence electrons. The molecule has 0 unspecified atom stereocenters. The van der Waals surface area contributed by atoms with E-state index in [0.717, 1.165) is 10.2 Å². The first-order valence-electron chi connectivity index (χ1n) is 5.83. The number of sulfone groups is 1. The van der Waals surface area contributed by atoms with Gasteiger partial charge in [-0.1, -0.05) is 12.1 Å². The van der Waals surface area contributed by atoms with Crippen molar-refractivity contribution in [2.24, 2.45) is 0 Å². The Morgan fingerprint density at radius 3 is 2.75 bits per heavy atom. The second-order valence-corrected chi connectivity index (χ2v) is 7.32. The normalized spacial score (nSPS) is 11.8. The van der Waals surface area contributed by atoms with Gasteiger partial charge in [0.15, 0.2) is 9.84 Å². The van der Waals surface area contributed by atoms with Gasteiger partial charge in [-0.3, -0.25) is 4.98 Å². The van der Waals surface area contributed by atoms with Crippen LogP contribution in [0.2, 0.25) is 0 Å². The maximum atomic E-state index is 12.4. The topological polar surface area (TPSA) is 85.9 Å². The van der Waals surface area contributed by atoms with Gasteiger partial charge in [-0.15, -0.1) is 11.3 Å². The largest absolute Gasteiger partial charge is 0.396 e. The molecule has 0 fully saturated rings. The fourth-order valence-electron chi connectivity index (χ4n) is 1.90. The third kappa shape index (κ3) is 2.37. The number of para-hydroxylation sites is 1. The van der Waals surface area contributed by atoms with E-state index in [9.17, 15) is 8.42 Å². The second-order valence-electron chi connectivity index (χ2n) is 4.25. The highest BCUT2D eigenvalue weighted by Gasteiger charge is 2.20. The van der Waals surface area contributed by atoms with E-state index >= 15 is 0 Å². The maximum Gasteiger partial charge on any atom is 0.187 e. The number of nitrogen functional groups attached to an aromatic ring is 1. The van der Waals surface area contributed by atoms with Gasteiger partial charge in [0.1, 0.15) is 10.8 Å². The minimum atomic E-state index is -3.51. The Balaban J connectivity index is 1.99. The minimum Gasteiger partial charge on any atom is -0.396 e. The van der Waals surface area contributed by atoms with Gasteiger partial charge < -0.3 is 5.73 Å². The summed E-state index contributed by atoms with van der Waals surface area (Å²) in [5.74, 6) is -0.152. The van der Waals surface area contributed by atoms with E-state index in [1.807, 2.05) is 24.3 Å². The van der Waals surface area contributed by atoms with Crippen molar-refractivity contribution in [1.29, 1.82) is 0 Å². The van der Waals surface area contributed by atoms with E-state index in [0.29, 0.717) is 5.01 Å². The summed E-state index contributed by atoms with van der Waals surface area (Å²) >= 11 is 1.38. The number of pyridine rings is 1.